The number of nitrogen functional groups attached to an aromatic ring is 1. The van der Waals surface area contributed by atoms with E-state index in [1.807, 2.05) is 0 Å². The van der Waals surface area contributed by atoms with Crippen molar-refractivity contribution in [1.82, 2.24) is 4.74 Å². The minimum absolute atomic E-state index is 0.245. The predicted molar refractivity (Wildman–Crippen MR) is 41.6 cm³/mol. The van der Waals surface area contributed by atoms with E-state index in [0.29, 0.717) is 11.0 Å². The molecule has 1 aliphatic heterocycles. The first-order chi connectivity index (χ1) is 5.68. The number of fused-ring (bicyclic) bond motifs is 1. The maximum Gasteiger partial charge on any atom is 0.544 e. The van der Waals surface area contributed by atoms with Crippen LogP contribution in [-0.2, 0) is 0 Å². The van der Waals surface area contributed by atoms with Crippen LogP contribution in [0.15, 0.2) is 23.2 Å². The van der Waals surface area contributed by atoms with Crippen molar-refractivity contribution in [3.63, 3.8) is 0 Å². The van der Waals surface area contributed by atoms with Crippen molar-refractivity contribution in [3.8, 4) is 0 Å². The van der Waals surface area contributed by atoms with Gasteiger partial charge in [0.1, 0.15) is 0 Å². The molecule has 12 heavy (non-hydrogen) atoms. The van der Waals surface area contributed by atoms with Crippen molar-refractivity contribution in [2.24, 2.45) is 4.99 Å². The van der Waals surface area contributed by atoms with E-state index < -0.39 is 6.03 Å². The highest BCUT2D eigenvalue weighted by molar-refractivity contribution is 5.78. The Labute approximate surface area is 67.0 Å². The molecule has 0 unspecified atom stereocenters. The summed E-state index contributed by atoms with van der Waals surface area (Å²) in [6.07, 6.45) is 0. The summed E-state index contributed by atoms with van der Waals surface area (Å²) in [6, 6.07) is 3.73. The summed E-state index contributed by atoms with van der Waals surface area (Å²) in [5.74, 6) is 0. The van der Waals surface area contributed by atoms with Gasteiger partial charge in [-0.05, 0) is 12.1 Å². The zero-order valence-electron chi connectivity index (χ0n) is 6.02. The van der Waals surface area contributed by atoms with Crippen molar-refractivity contribution in [2.75, 3.05) is 5.73 Å². The first kappa shape index (κ1) is 6.78. The molecule has 2 amide bonds. The Balaban J connectivity index is 2.94. The first-order valence-corrected chi connectivity index (χ1v) is 3.31. The molecule has 5 nitrogen and oxygen atoms in total. The Hall–Kier alpha value is -1.91. The molecule has 1 aliphatic rings. The van der Waals surface area contributed by atoms with Gasteiger partial charge in [0.25, 0.3) is 0 Å². The third-order valence-corrected chi connectivity index (χ3v) is 1.61. The molecule has 2 rings (SSSR count). The Morgan fingerprint density at radius 3 is 3.00 bits per heavy atom. The summed E-state index contributed by atoms with van der Waals surface area (Å²) in [5.41, 5.74) is 5.92. The number of hydroxylamine groups is 1. The summed E-state index contributed by atoms with van der Waals surface area (Å²) in [7, 11) is 0. The number of nitrogens with zero attached hydrogens (tertiary/aromatic N) is 2. The number of nitrogens with two attached hydrogens (primary N) is 1. The van der Waals surface area contributed by atoms with E-state index >= 15 is 0 Å². The number of carbonyl (C=O) groups is 1. The second-order valence-electron chi connectivity index (χ2n) is 2.44. The minimum atomic E-state index is -0.796. The van der Waals surface area contributed by atoms with Crippen LogP contribution in [0.5, 0.6) is 0 Å². The van der Waals surface area contributed by atoms with E-state index in [1.54, 1.807) is 6.07 Å². The monoisotopic (exact) mass is 163 g/mol. The lowest BCUT2D eigenvalue weighted by Gasteiger charge is -1.94. The van der Waals surface area contributed by atoms with Crippen molar-refractivity contribution < 1.29 is 4.79 Å². The SMILES string of the molecule is Nc1ccc2c(c1)=NC(=O)[N+]=2[O-]. The standard InChI is InChI=1S/C7H5N3O2/c8-4-1-2-6-5(3-4)9-7(11)10(6)12/h1-3H,8H2. The highest BCUT2D eigenvalue weighted by atomic mass is 16.5. The van der Waals surface area contributed by atoms with Crippen LogP contribution in [0.1, 0.15) is 0 Å². The predicted octanol–water partition coefficient (Wildman–Crippen LogP) is -0.989. The topological polar surface area (TPSA) is 81.5 Å². The van der Waals surface area contributed by atoms with Gasteiger partial charge in [0.15, 0.2) is 5.36 Å². The van der Waals surface area contributed by atoms with Gasteiger partial charge in [0.05, 0.1) is 0 Å². The zero-order chi connectivity index (χ0) is 8.72. The van der Waals surface area contributed by atoms with Crippen LogP contribution in [0, 0.1) is 5.21 Å². The summed E-state index contributed by atoms with van der Waals surface area (Å²) in [4.78, 5) is 14.2. The fourth-order valence-electron chi connectivity index (χ4n) is 1.05. The lowest BCUT2D eigenvalue weighted by atomic mass is 10.3. The van der Waals surface area contributed by atoms with E-state index in [4.69, 9.17) is 5.73 Å². The van der Waals surface area contributed by atoms with Crippen LogP contribution in [0.25, 0.3) is 0 Å². The highest BCUT2D eigenvalue weighted by Gasteiger charge is 2.18. The number of benzene rings is 1. The van der Waals surface area contributed by atoms with E-state index in [1.165, 1.54) is 12.1 Å². The number of urea groups is 1. The van der Waals surface area contributed by atoms with Crippen LogP contribution in [0.3, 0.4) is 0 Å². The van der Waals surface area contributed by atoms with Crippen molar-refractivity contribution >= 4 is 11.7 Å². The molecule has 2 N–H and O–H groups in total. The number of hydrogen-bond donors (Lipinski definition) is 1. The fraction of sp³-hybridized carbons (Fsp3) is 0. The first-order valence-electron chi connectivity index (χ1n) is 3.31. The molecule has 1 aromatic rings. The molecule has 0 spiro atoms. The summed E-state index contributed by atoms with van der Waals surface area (Å²) < 4.78 is 0.245. The van der Waals surface area contributed by atoms with Gasteiger partial charge < -0.3 is 10.9 Å². The lowest BCUT2D eigenvalue weighted by Crippen LogP contribution is -2.31. The maximum absolute atomic E-state index is 10.9. The number of rotatable bonds is 0. The van der Waals surface area contributed by atoms with Crippen LogP contribution in [-0.4, -0.2) is 6.03 Å². The molecular weight excluding hydrogens is 158 g/mol. The van der Waals surface area contributed by atoms with Crippen molar-refractivity contribution in [3.05, 3.63) is 34.1 Å². The van der Waals surface area contributed by atoms with Crippen LogP contribution in [0.4, 0.5) is 10.5 Å². The Morgan fingerprint density at radius 1 is 1.50 bits per heavy atom. The molecule has 0 saturated carbocycles. The van der Waals surface area contributed by atoms with Gasteiger partial charge >= 0.3 is 6.03 Å². The normalized spacial score (nSPS) is 14.3. The molecule has 60 valence electrons. The molecule has 0 atom stereocenters. The quantitative estimate of drug-likeness (QED) is 0.303. The molecule has 0 aliphatic carbocycles. The number of anilines is 1. The second-order valence-corrected chi connectivity index (χ2v) is 2.44. The van der Waals surface area contributed by atoms with Gasteiger partial charge in [0, 0.05) is 16.7 Å². The maximum atomic E-state index is 10.9. The van der Waals surface area contributed by atoms with Crippen molar-refractivity contribution in [2.45, 2.75) is 0 Å². The average Bonchev–Trinajstić information content (AvgIpc) is 2.28. The number of carbonyl (C=O) groups excluding carboxylic acids is 1. The molecule has 0 saturated heterocycles. The molecule has 0 aromatic heterocycles. The van der Waals surface area contributed by atoms with E-state index in [9.17, 15) is 10.0 Å². The summed E-state index contributed by atoms with van der Waals surface area (Å²) in [5, 5.41) is 11.5. The Morgan fingerprint density at radius 2 is 2.25 bits per heavy atom. The fourth-order valence-corrected chi connectivity index (χ4v) is 1.05. The molecule has 1 heterocycles. The summed E-state index contributed by atoms with van der Waals surface area (Å²) >= 11 is 0. The lowest BCUT2D eigenvalue weighted by molar-refractivity contribution is 0.249. The Bertz CT molecular complexity index is 478. The number of hydrogen-bond acceptors (Lipinski definition) is 3. The zero-order valence-corrected chi connectivity index (χ0v) is 6.02. The van der Waals surface area contributed by atoms with Gasteiger partial charge in [-0.2, -0.15) is 9.53 Å². The molecule has 0 fully saturated rings. The summed E-state index contributed by atoms with van der Waals surface area (Å²) in [6.45, 7) is 0. The van der Waals surface area contributed by atoms with Crippen LogP contribution < -0.4 is 21.2 Å². The molecule has 0 radical (unpaired) electrons. The second kappa shape index (κ2) is 2.04. The van der Waals surface area contributed by atoms with E-state index in [-0.39, 0.29) is 10.1 Å². The van der Waals surface area contributed by atoms with Crippen LogP contribution >= 0.6 is 0 Å². The van der Waals surface area contributed by atoms with Gasteiger partial charge in [-0.25, -0.2) is 0 Å². The third kappa shape index (κ3) is 0.763. The molecule has 1 aromatic carbocycles. The van der Waals surface area contributed by atoms with Gasteiger partial charge in [0.2, 0.25) is 5.36 Å². The van der Waals surface area contributed by atoms with Gasteiger partial charge in [-0.1, -0.05) is 0 Å². The smallest absolute Gasteiger partial charge is 0.544 e. The molecule has 5 heteroatoms. The molecular formula is C7H5N3O2. The average molecular weight is 163 g/mol. The largest absolute Gasteiger partial charge is 0.708 e. The van der Waals surface area contributed by atoms with Crippen LogP contribution in [0.2, 0.25) is 0 Å². The van der Waals surface area contributed by atoms with Gasteiger partial charge in [-0.15, -0.1) is 0 Å². The van der Waals surface area contributed by atoms with Crippen molar-refractivity contribution in [1.29, 1.82) is 0 Å². The van der Waals surface area contributed by atoms with E-state index in [2.05, 4.69) is 4.99 Å². The molecule has 0 bridgehead atoms. The number of amides is 2. The van der Waals surface area contributed by atoms with Gasteiger partial charge in [-0.3, -0.25) is 0 Å². The minimum Gasteiger partial charge on any atom is -0.708 e. The van der Waals surface area contributed by atoms with E-state index in [0.717, 1.165) is 0 Å². The Kier molecular flexibility index (Phi) is 1.15. The third-order valence-electron chi connectivity index (χ3n) is 1.61. The highest BCUT2D eigenvalue weighted by Crippen LogP contribution is 1.92.